The first-order valence-corrected chi connectivity index (χ1v) is 5.18. The maximum atomic E-state index is 11.8. The largest absolute Gasteiger partial charge is 0.294 e. The van der Waals surface area contributed by atoms with E-state index in [1.807, 2.05) is 30.3 Å². The summed E-state index contributed by atoms with van der Waals surface area (Å²) in [5, 5.41) is 0. The first kappa shape index (κ1) is 9.45. The number of hydrogen-bond donors (Lipinski definition) is 0. The van der Waals surface area contributed by atoms with Gasteiger partial charge in [-0.2, -0.15) is 0 Å². The van der Waals surface area contributed by atoms with Gasteiger partial charge in [-0.05, 0) is 17.8 Å². The zero-order chi connectivity index (χ0) is 10.2. The molecule has 0 aromatic heterocycles. The van der Waals surface area contributed by atoms with E-state index in [1.54, 1.807) is 0 Å². The van der Waals surface area contributed by atoms with Crippen molar-refractivity contribution >= 4 is 5.78 Å². The minimum atomic E-state index is 0.293. The predicted molar refractivity (Wildman–Crippen MR) is 57.3 cm³/mol. The summed E-state index contributed by atoms with van der Waals surface area (Å²) in [6, 6.07) is 9.59. The van der Waals surface area contributed by atoms with E-state index in [4.69, 9.17) is 0 Å². The lowest BCUT2D eigenvalue weighted by atomic mass is 10.0. The van der Waals surface area contributed by atoms with Crippen molar-refractivity contribution in [3.63, 3.8) is 0 Å². The molecule has 1 aromatic carbocycles. The summed E-state index contributed by atoms with van der Waals surface area (Å²) < 4.78 is 0. The van der Waals surface area contributed by atoms with Gasteiger partial charge in [0.05, 0.1) is 0 Å². The molecule has 1 atom stereocenters. The molecule has 1 nitrogen and oxygen atoms in total. The molecule has 0 heterocycles. The fraction of sp³-hybridized carbons (Fsp3) is 0.462. The number of hydrogen-bond acceptors (Lipinski definition) is 1. The Bertz CT molecular complexity index is 338. The third-order valence-corrected chi connectivity index (χ3v) is 3.25. The van der Waals surface area contributed by atoms with Crippen LogP contribution in [-0.4, -0.2) is 5.78 Å². The number of carbonyl (C=O) groups is 1. The normalized spacial score (nSPS) is 23.1. The lowest BCUT2D eigenvalue weighted by Gasteiger charge is -2.02. The Hall–Kier alpha value is -1.11. The van der Waals surface area contributed by atoms with E-state index in [-0.39, 0.29) is 0 Å². The molecule has 0 spiro atoms. The van der Waals surface area contributed by atoms with Gasteiger partial charge in [-0.3, -0.25) is 4.79 Å². The SMILES string of the molecule is CC1(C)CC1CC(=O)c1ccccc1. The molecule has 1 aliphatic carbocycles. The van der Waals surface area contributed by atoms with Crippen molar-refractivity contribution in [1.29, 1.82) is 0 Å². The van der Waals surface area contributed by atoms with Crippen LogP contribution in [0.3, 0.4) is 0 Å². The Morgan fingerprint density at radius 3 is 2.43 bits per heavy atom. The van der Waals surface area contributed by atoms with E-state index >= 15 is 0 Å². The summed E-state index contributed by atoms with van der Waals surface area (Å²) in [5.41, 5.74) is 1.26. The van der Waals surface area contributed by atoms with Gasteiger partial charge in [0.1, 0.15) is 0 Å². The number of benzene rings is 1. The third kappa shape index (κ3) is 1.87. The van der Waals surface area contributed by atoms with Crippen LogP contribution < -0.4 is 0 Å². The smallest absolute Gasteiger partial charge is 0.163 e. The highest BCUT2D eigenvalue weighted by Crippen LogP contribution is 2.53. The second kappa shape index (κ2) is 3.23. The number of rotatable bonds is 3. The van der Waals surface area contributed by atoms with Crippen molar-refractivity contribution in [3.8, 4) is 0 Å². The highest BCUT2D eigenvalue weighted by atomic mass is 16.1. The Kier molecular flexibility index (Phi) is 2.18. The fourth-order valence-corrected chi connectivity index (χ4v) is 1.89. The standard InChI is InChI=1S/C13H16O/c1-13(2)9-11(13)8-12(14)10-6-4-3-5-7-10/h3-7,11H,8-9H2,1-2H3. The van der Waals surface area contributed by atoms with Crippen LogP contribution in [0, 0.1) is 11.3 Å². The molecule has 1 aromatic rings. The first-order chi connectivity index (χ1) is 6.59. The summed E-state index contributed by atoms with van der Waals surface area (Å²) in [4.78, 5) is 11.8. The van der Waals surface area contributed by atoms with E-state index in [2.05, 4.69) is 13.8 Å². The first-order valence-electron chi connectivity index (χ1n) is 5.18. The van der Waals surface area contributed by atoms with Crippen LogP contribution in [0.4, 0.5) is 0 Å². The van der Waals surface area contributed by atoms with Gasteiger partial charge in [-0.15, -0.1) is 0 Å². The topological polar surface area (TPSA) is 17.1 Å². The Morgan fingerprint density at radius 2 is 1.93 bits per heavy atom. The molecule has 2 rings (SSSR count). The van der Waals surface area contributed by atoms with Crippen LogP contribution in [0.2, 0.25) is 0 Å². The maximum Gasteiger partial charge on any atom is 0.163 e. The summed E-state index contributed by atoms with van der Waals surface area (Å²) >= 11 is 0. The summed E-state index contributed by atoms with van der Waals surface area (Å²) in [6.45, 7) is 4.46. The second-order valence-electron chi connectivity index (χ2n) is 4.88. The Morgan fingerprint density at radius 1 is 1.36 bits per heavy atom. The molecular weight excluding hydrogens is 172 g/mol. The zero-order valence-electron chi connectivity index (χ0n) is 8.79. The van der Waals surface area contributed by atoms with Crippen molar-refractivity contribution in [2.24, 2.45) is 11.3 Å². The molecule has 1 saturated carbocycles. The molecule has 0 bridgehead atoms. The van der Waals surface area contributed by atoms with Gasteiger partial charge in [-0.1, -0.05) is 44.2 Å². The van der Waals surface area contributed by atoms with E-state index in [0.29, 0.717) is 17.1 Å². The number of ketones is 1. The summed E-state index contributed by atoms with van der Waals surface area (Å²) in [5.74, 6) is 0.899. The molecule has 14 heavy (non-hydrogen) atoms. The van der Waals surface area contributed by atoms with Gasteiger partial charge in [0.25, 0.3) is 0 Å². The van der Waals surface area contributed by atoms with Crippen molar-refractivity contribution in [3.05, 3.63) is 35.9 Å². The highest BCUT2D eigenvalue weighted by molar-refractivity contribution is 5.96. The van der Waals surface area contributed by atoms with Crippen molar-refractivity contribution < 1.29 is 4.79 Å². The highest BCUT2D eigenvalue weighted by Gasteiger charge is 2.46. The lowest BCUT2D eigenvalue weighted by Crippen LogP contribution is -2.02. The van der Waals surface area contributed by atoms with Crippen LogP contribution in [0.25, 0.3) is 0 Å². The van der Waals surface area contributed by atoms with Crippen LogP contribution in [0.5, 0.6) is 0 Å². The van der Waals surface area contributed by atoms with Gasteiger partial charge in [0.2, 0.25) is 0 Å². The van der Waals surface area contributed by atoms with Gasteiger partial charge < -0.3 is 0 Å². The number of carbonyl (C=O) groups excluding carboxylic acids is 1. The van der Waals surface area contributed by atoms with Crippen LogP contribution in [-0.2, 0) is 0 Å². The maximum absolute atomic E-state index is 11.8. The van der Waals surface area contributed by atoms with Crippen molar-refractivity contribution in [2.75, 3.05) is 0 Å². The summed E-state index contributed by atoms with van der Waals surface area (Å²) in [7, 11) is 0. The van der Waals surface area contributed by atoms with Crippen LogP contribution in [0.15, 0.2) is 30.3 Å². The van der Waals surface area contributed by atoms with Gasteiger partial charge in [-0.25, -0.2) is 0 Å². The molecule has 0 aliphatic heterocycles. The van der Waals surface area contributed by atoms with E-state index in [9.17, 15) is 4.79 Å². The van der Waals surface area contributed by atoms with Crippen LogP contribution >= 0.6 is 0 Å². The molecule has 0 radical (unpaired) electrons. The molecule has 1 aliphatic rings. The van der Waals surface area contributed by atoms with Crippen LogP contribution in [0.1, 0.15) is 37.0 Å². The zero-order valence-corrected chi connectivity index (χ0v) is 8.79. The minimum Gasteiger partial charge on any atom is -0.294 e. The minimum absolute atomic E-state index is 0.293. The number of Topliss-reactive ketones (excluding diaryl/α,β-unsaturated/α-hetero) is 1. The predicted octanol–water partition coefficient (Wildman–Crippen LogP) is 3.31. The molecule has 0 N–H and O–H groups in total. The Labute approximate surface area is 85.1 Å². The molecule has 0 saturated heterocycles. The Balaban J connectivity index is 1.98. The van der Waals surface area contributed by atoms with E-state index in [0.717, 1.165) is 12.0 Å². The molecule has 74 valence electrons. The second-order valence-corrected chi connectivity index (χ2v) is 4.88. The molecule has 1 heteroatoms. The average Bonchev–Trinajstić information content (AvgIpc) is 2.75. The van der Waals surface area contributed by atoms with E-state index in [1.165, 1.54) is 6.42 Å². The average molecular weight is 188 g/mol. The van der Waals surface area contributed by atoms with Gasteiger partial charge >= 0.3 is 0 Å². The molecule has 0 amide bonds. The summed E-state index contributed by atoms with van der Waals surface area (Å²) in [6.07, 6.45) is 1.92. The van der Waals surface area contributed by atoms with Gasteiger partial charge in [0.15, 0.2) is 5.78 Å². The third-order valence-electron chi connectivity index (χ3n) is 3.25. The quantitative estimate of drug-likeness (QED) is 0.665. The van der Waals surface area contributed by atoms with Gasteiger partial charge in [0, 0.05) is 12.0 Å². The molecule has 1 unspecified atom stereocenters. The van der Waals surface area contributed by atoms with Crippen molar-refractivity contribution in [2.45, 2.75) is 26.7 Å². The van der Waals surface area contributed by atoms with Crippen molar-refractivity contribution in [1.82, 2.24) is 0 Å². The fourth-order valence-electron chi connectivity index (χ4n) is 1.89. The molecular formula is C13H16O. The molecule has 1 fully saturated rings. The lowest BCUT2D eigenvalue weighted by molar-refractivity contribution is 0.0971. The monoisotopic (exact) mass is 188 g/mol. The van der Waals surface area contributed by atoms with E-state index < -0.39 is 0 Å².